The Balaban J connectivity index is 3.19. The molecule has 0 saturated carbocycles. The third kappa shape index (κ3) is 3.70. The van der Waals surface area contributed by atoms with Crippen LogP contribution >= 0.6 is 0 Å². The Morgan fingerprint density at radius 1 is 1.32 bits per heavy atom. The molecule has 0 radical (unpaired) electrons. The van der Waals surface area contributed by atoms with E-state index in [4.69, 9.17) is 4.74 Å². The number of rotatable bonds is 7. The van der Waals surface area contributed by atoms with Crippen molar-refractivity contribution < 1.29 is 14.6 Å². The molecule has 0 heterocycles. The standard InChI is InChI=1S/C15H23NO3/c1-5-16(6-2)11(4)14-10-12(19-7-3)8-9-13(14)15(17)18/h8-11H,5-7H2,1-4H3,(H,17,18). The van der Waals surface area contributed by atoms with Crippen LogP contribution in [0.2, 0.25) is 0 Å². The van der Waals surface area contributed by atoms with Crippen LogP contribution in [0.3, 0.4) is 0 Å². The van der Waals surface area contributed by atoms with Gasteiger partial charge >= 0.3 is 5.97 Å². The highest BCUT2D eigenvalue weighted by Gasteiger charge is 2.20. The van der Waals surface area contributed by atoms with Crippen LogP contribution < -0.4 is 4.74 Å². The maximum absolute atomic E-state index is 11.3. The van der Waals surface area contributed by atoms with Crippen molar-refractivity contribution in [2.45, 2.75) is 33.7 Å². The highest BCUT2D eigenvalue weighted by atomic mass is 16.5. The van der Waals surface area contributed by atoms with Gasteiger partial charge in [0.1, 0.15) is 5.75 Å². The number of hydrogen-bond donors (Lipinski definition) is 1. The molecule has 0 aromatic heterocycles. The molecule has 1 N–H and O–H groups in total. The predicted molar refractivity (Wildman–Crippen MR) is 75.9 cm³/mol. The number of carboxylic acid groups (broad SMARTS) is 1. The van der Waals surface area contributed by atoms with Gasteiger partial charge in [-0.15, -0.1) is 0 Å². The van der Waals surface area contributed by atoms with Gasteiger partial charge in [-0.1, -0.05) is 13.8 Å². The second kappa shape index (κ2) is 7.14. The van der Waals surface area contributed by atoms with Crippen LogP contribution in [0.5, 0.6) is 5.75 Å². The van der Waals surface area contributed by atoms with E-state index >= 15 is 0 Å². The summed E-state index contributed by atoms with van der Waals surface area (Å²) < 4.78 is 5.47. The second-order valence-electron chi connectivity index (χ2n) is 4.38. The molecule has 1 unspecified atom stereocenters. The van der Waals surface area contributed by atoms with Crippen LogP contribution in [0, 0.1) is 0 Å². The number of benzene rings is 1. The molecule has 0 aliphatic carbocycles. The van der Waals surface area contributed by atoms with E-state index in [0.717, 1.165) is 24.4 Å². The van der Waals surface area contributed by atoms with E-state index in [9.17, 15) is 9.90 Å². The van der Waals surface area contributed by atoms with Gasteiger partial charge in [0.05, 0.1) is 12.2 Å². The lowest BCUT2D eigenvalue weighted by atomic mass is 9.99. The zero-order valence-corrected chi connectivity index (χ0v) is 12.1. The fourth-order valence-corrected chi connectivity index (χ4v) is 2.31. The third-order valence-electron chi connectivity index (χ3n) is 3.37. The minimum atomic E-state index is -0.892. The maximum Gasteiger partial charge on any atom is 0.336 e. The summed E-state index contributed by atoms with van der Waals surface area (Å²) in [4.78, 5) is 13.6. The first kappa shape index (κ1) is 15.5. The Kier molecular flexibility index (Phi) is 5.83. The first-order chi connectivity index (χ1) is 9.04. The molecule has 1 rings (SSSR count). The predicted octanol–water partition coefficient (Wildman–Crippen LogP) is 3.19. The molecule has 4 nitrogen and oxygen atoms in total. The summed E-state index contributed by atoms with van der Waals surface area (Å²) in [7, 11) is 0. The Morgan fingerprint density at radius 3 is 2.42 bits per heavy atom. The van der Waals surface area contributed by atoms with Crippen molar-refractivity contribution in [1.29, 1.82) is 0 Å². The fourth-order valence-electron chi connectivity index (χ4n) is 2.31. The number of carboxylic acids is 1. The molecule has 106 valence electrons. The highest BCUT2D eigenvalue weighted by Crippen LogP contribution is 2.27. The number of carbonyl (C=O) groups is 1. The molecular weight excluding hydrogens is 242 g/mol. The molecule has 4 heteroatoms. The van der Waals surface area contributed by atoms with Crippen molar-refractivity contribution in [3.05, 3.63) is 29.3 Å². The van der Waals surface area contributed by atoms with Gasteiger partial charge in [0.2, 0.25) is 0 Å². The third-order valence-corrected chi connectivity index (χ3v) is 3.37. The van der Waals surface area contributed by atoms with Crippen LogP contribution in [0.15, 0.2) is 18.2 Å². The van der Waals surface area contributed by atoms with Gasteiger partial charge in [-0.3, -0.25) is 4.90 Å². The van der Waals surface area contributed by atoms with Gasteiger partial charge in [-0.2, -0.15) is 0 Å². The summed E-state index contributed by atoms with van der Waals surface area (Å²) >= 11 is 0. The second-order valence-corrected chi connectivity index (χ2v) is 4.38. The smallest absolute Gasteiger partial charge is 0.336 e. The molecule has 0 spiro atoms. The summed E-state index contributed by atoms with van der Waals surface area (Å²) in [6.07, 6.45) is 0. The average molecular weight is 265 g/mol. The quantitative estimate of drug-likeness (QED) is 0.822. The molecule has 1 aromatic carbocycles. The van der Waals surface area contributed by atoms with E-state index in [0.29, 0.717) is 12.2 Å². The van der Waals surface area contributed by atoms with Gasteiger partial charge in [0.15, 0.2) is 0 Å². The minimum Gasteiger partial charge on any atom is -0.494 e. The minimum absolute atomic E-state index is 0.0570. The first-order valence-electron chi connectivity index (χ1n) is 6.79. The molecule has 19 heavy (non-hydrogen) atoms. The number of ether oxygens (including phenoxy) is 1. The summed E-state index contributed by atoms with van der Waals surface area (Å²) in [6, 6.07) is 5.24. The Hall–Kier alpha value is -1.55. The highest BCUT2D eigenvalue weighted by molar-refractivity contribution is 5.89. The number of nitrogens with zero attached hydrogens (tertiary/aromatic N) is 1. The van der Waals surface area contributed by atoms with Crippen LogP contribution in [-0.4, -0.2) is 35.7 Å². The molecule has 0 bridgehead atoms. The van der Waals surface area contributed by atoms with Gasteiger partial charge in [-0.05, 0) is 50.7 Å². The molecule has 1 atom stereocenters. The lowest BCUT2D eigenvalue weighted by Crippen LogP contribution is -2.27. The van der Waals surface area contributed by atoms with E-state index in [1.54, 1.807) is 12.1 Å². The molecular formula is C15H23NO3. The van der Waals surface area contributed by atoms with Crippen molar-refractivity contribution in [3.63, 3.8) is 0 Å². The van der Waals surface area contributed by atoms with E-state index in [-0.39, 0.29) is 6.04 Å². The van der Waals surface area contributed by atoms with Crippen molar-refractivity contribution in [2.24, 2.45) is 0 Å². The SMILES string of the molecule is CCOc1ccc(C(=O)O)c(C(C)N(CC)CC)c1. The van der Waals surface area contributed by atoms with Crippen molar-refractivity contribution in [2.75, 3.05) is 19.7 Å². The van der Waals surface area contributed by atoms with E-state index < -0.39 is 5.97 Å². The zero-order valence-electron chi connectivity index (χ0n) is 12.1. The van der Waals surface area contributed by atoms with E-state index in [1.807, 2.05) is 19.9 Å². The zero-order chi connectivity index (χ0) is 14.4. The van der Waals surface area contributed by atoms with Crippen molar-refractivity contribution in [3.8, 4) is 5.75 Å². The Morgan fingerprint density at radius 2 is 1.95 bits per heavy atom. The van der Waals surface area contributed by atoms with Crippen LogP contribution in [0.4, 0.5) is 0 Å². The topological polar surface area (TPSA) is 49.8 Å². The van der Waals surface area contributed by atoms with Gasteiger partial charge in [0.25, 0.3) is 0 Å². The van der Waals surface area contributed by atoms with Gasteiger partial charge in [0, 0.05) is 6.04 Å². The number of hydrogen-bond acceptors (Lipinski definition) is 3. The van der Waals surface area contributed by atoms with Crippen molar-refractivity contribution in [1.82, 2.24) is 4.90 Å². The largest absolute Gasteiger partial charge is 0.494 e. The molecule has 0 fully saturated rings. The summed E-state index contributed by atoms with van der Waals surface area (Å²) in [5.74, 6) is -0.168. The van der Waals surface area contributed by atoms with E-state index in [2.05, 4.69) is 18.7 Å². The molecule has 1 aromatic rings. The lowest BCUT2D eigenvalue weighted by Gasteiger charge is -2.28. The van der Waals surface area contributed by atoms with Gasteiger partial charge < -0.3 is 9.84 Å². The lowest BCUT2D eigenvalue weighted by molar-refractivity contribution is 0.0693. The summed E-state index contributed by atoms with van der Waals surface area (Å²) in [6.45, 7) is 10.4. The summed E-state index contributed by atoms with van der Waals surface area (Å²) in [5.41, 5.74) is 1.16. The maximum atomic E-state index is 11.3. The van der Waals surface area contributed by atoms with Gasteiger partial charge in [-0.25, -0.2) is 4.79 Å². The van der Waals surface area contributed by atoms with Crippen LogP contribution in [-0.2, 0) is 0 Å². The monoisotopic (exact) mass is 265 g/mol. The fraction of sp³-hybridized carbons (Fsp3) is 0.533. The van der Waals surface area contributed by atoms with Crippen LogP contribution in [0.25, 0.3) is 0 Å². The van der Waals surface area contributed by atoms with Crippen molar-refractivity contribution >= 4 is 5.97 Å². The average Bonchev–Trinajstić information content (AvgIpc) is 2.40. The molecule has 0 aliphatic heterocycles. The molecule has 0 saturated heterocycles. The Labute approximate surface area is 115 Å². The normalized spacial score (nSPS) is 12.5. The van der Waals surface area contributed by atoms with Crippen LogP contribution in [0.1, 0.15) is 49.7 Å². The first-order valence-corrected chi connectivity index (χ1v) is 6.79. The Bertz CT molecular complexity index is 427. The summed E-state index contributed by atoms with van der Waals surface area (Å²) in [5, 5.41) is 9.30. The number of aromatic carboxylic acids is 1. The molecule has 0 amide bonds. The van der Waals surface area contributed by atoms with E-state index in [1.165, 1.54) is 0 Å². The molecule has 0 aliphatic rings.